The van der Waals surface area contributed by atoms with Crippen LogP contribution in [-0.2, 0) is 0 Å². The summed E-state index contributed by atoms with van der Waals surface area (Å²) >= 11 is 0. The van der Waals surface area contributed by atoms with Gasteiger partial charge in [0.2, 0.25) is 0 Å². The van der Waals surface area contributed by atoms with E-state index in [-0.39, 0.29) is 6.04 Å². The van der Waals surface area contributed by atoms with Gasteiger partial charge in [0.15, 0.2) is 5.82 Å². The fraction of sp³-hybridized carbons (Fsp3) is 0.650. The predicted molar refractivity (Wildman–Crippen MR) is 102 cm³/mol. The molecule has 6 nitrogen and oxygen atoms in total. The topological polar surface area (TPSA) is 50.1 Å². The highest BCUT2D eigenvalue weighted by Crippen LogP contribution is 2.33. The van der Waals surface area contributed by atoms with Crippen molar-refractivity contribution in [3.63, 3.8) is 0 Å². The van der Waals surface area contributed by atoms with Crippen LogP contribution in [-0.4, -0.2) is 62.7 Å². The second kappa shape index (κ2) is 8.27. The van der Waals surface area contributed by atoms with Crippen LogP contribution < -0.4 is 0 Å². The van der Waals surface area contributed by atoms with Crippen molar-refractivity contribution in [1.82, 2.24) is 30.0 Å². The minimum atomic E-state index is 0.145. The molecule has 1 saturated carbocycles. The zero-order valence-corrected chi connectivity index (χ0v) is 15.8. The first kappa shape index (κ1) is 17.6. The van der Waals surface area contributed by atoms with Crippen molar-refractivity contribution >= 4 is 0 Å². The van der Waals surface area contributed by atoms with E-state index in [2.05, 4.69) is 67.3 Å². The average molecular weight is 355 g/mol. The van der Waals surface area contributed by atoms with E-state index in [0.29, 0.717) is 6.04 Å². The smallest absolute Gasteiger partial charge is 0.173 e. The maximum absolute atomic E-state index is 4.53. The van der Waals surface area contributed by atoms with E-state index in [4.69, 9.17) is 0 Å². The Hall–Kier alpha value is -1.79. The Morgan fingerprint density at radius 1 is 1.00 bits per heavy atom. The highest BCUT2D eigenvalue weighted by atomic mass is 15.6. The van der Waals surface area contributed by atoms with Crippen molar-refractivity contribution < 1.29 is 0 Å². The second-order valence-corrected chi connectivity index (χ2v) is 7.56. The van der Waals surface area contributed by atoms with Crippen LogP contribution in [0.4, 0.5) is 0 Å². The summed E-state index contributed by atoms with van der Waals surface area (Å²) in [5.74, 6) is 1.02. The molecule has 0 bridgehead atoms. The molecule has 1 aromatic heterocycles. The van der Waals surface area contributed by atoms with Gasteiger partial charge in [-0.15, -0.1) is 5.10 Å². The Morgan fingerprint density at radius 3 is 2.42 bits per heavy atom. The number of rotatable bonds is 5. The van der Waals surface area contributed by atoms with Crippen molar-refractivity contribution in [3.8, 4) is 0 Å². The second-order valence-electron chi connectivity index (χ2n) is 7.56. The zero-order chi connectivity index (χ0) is 17.8. The molecule has 1 aliphatic carbocycles. The zero-order valence-electron chi connectivity index (χ0n) is 15.8. The Morgan fingerprint density at radius 2 is 1.73 bits per heavy atom. The maximum Gasteiger partial charge on any atom is 0.173 e. The van der Waals surface area contributed by atoms with Crippen molar-refractivity contribution in [2.75, 3.05) is 32.7 Å². The third-order valence-corrected chi connectivity index (χ3v) is 6.02. The van der Waals surface area contributed by atoms with Gasteiger partial charge in [0, 0.05) is 26.2 Å². The van der Waals surface area contributed by atoms with E-state index >= 15 is 0 Å². The molecule has 4 rings (SSSR count). The molecule has 1 atom stereocenters. The van der Waals surface area contributed by atoms with Crippen molar-refractivity contribution in [2.24, 2.45) is 0 Å². The SMILES string of the molecule is CCN1CCN([C@H](c2ccccc2)c2nnnn2C2CCCCC2)CC1. The Labute approximate surface area is 156 Å². The lowest BCUT2D eigenvalue weighted by Gasteiger charge is -2.39. The third kappa shape index (κ3) is 3.67. The Balaban J connectivity index is 1.65. The van der Waals surface area contributed by atoms with E-state index in [9.17, 15) is 0 Å². The van der Waals surface area contributed by atoms with Gasteiger partial charge in [-0.3, -0.25) is 4.90 Å². The average Bonchev–Trinajstić information content (AvgIpc) is 3.19. The molecule has 1 aromatic carbocycles. The van der Waals surface area contributed by atoms with Crippen molar-refractivity contribution in [2.45, 2.75) is 51.1 Å². The molecule has 0 N–H and O–H groups in total. The van der Waals surface area contributed by atoms with Crippen LogP contribution in [0.1, 0.15) is 62.5 Å². The van der Waals surface area contributed by atoms with Crippen LogP contribution in [0.2, 0.25) is 0 Å². The Bertz CT molecular complexity index is 671. The summed E-state index contributed by atoms with van der Waals surface area (Å²) in [6, 6.07) is 11.4. The monoisotopic (exact) mass is 354 g/mol. The first-order valence-electron chi connectivity index (χ1n) is 10.2. The highest BCUT2D eigenvalue weighted by Gasteiger charge is 2.32. The number of tetrazole rings is 1. The molecule has 2 aromatic rings. The molecule has 0 unspecified atom stereocenters. The summed E-state index contributed by atoms with van der Waals surface area (Å²) in [4.78, 5) is 5.08. The van der Waals surface area contributed by atoms with Gasteiger partial charge >= 0.3 is 0 Å². The van der Waals surface area contributed by atoms with Crippen LogP contribution in [0.15, 0.2) is 30.3 Å². The van der Waals surface area contributed by atoms with Crippen LogP contribution in [0.5, 0.6) is 0 Å². The summed E-state index contributed by atoms with van der Waals surface area (Å²) in [5.41, 5.74) is 1.30. The minimum absolute atomic E-state index is 0.145. The number of nitrogens with zero attached hydrogens (tertiary/aromatic N) is 6. The molecule has 1 saturated heterocycles. The molecule has 26 heavy (non-hydrogen) atoms. The van der Waals surface area contributed by atoms with E-state index in [1.54, 1.807) is 0 Å². The maximum atomic E-state index is 4.53. The van der Waals surface area contributed by atoms with Crippen molar-refractivity contribution in [3.05, 3.63) is 41.7 Å². The predicted octanol–water partition coefficient (Wildman–Crippen LogP) is 2.91. The lowest BCUT2D eigenvalue weighted by Crippen LogP contribution is -2.48. The van der Waals surface area contributed by atoms with Crippen LogP contribution in [0.25, 0.3) is 0 Å². The molecule has 140 valence electrons. The first-order valence-corrected chi connectivity index (χ1v) is 10.2. The van der Waals surface area contributed by atoms with Gasteiger partial charge in [-0.05, 0) is 35.4 Å². The highest BCUT2D eigenvalue weighted by molar-refractivity contribution is 5.25. The number of likely N-dealkylation sites (N-methyl/N-ethyl adjacent to an activating group) is 1. The fourth-order valence-electron chi connectivity index (χ4n) is 4.46. The third-order valence-electron chi connectivity index (χ3n) is 6.02. The van der Waals surface area contributed by atoms with Gasteiger partial charge in [0.1, 0.15) is 0 Å². The van der Waals surface area contributed by atoms with Gasteiger partial charge in [-0.25, -0.2) is 4.68 Å². The van der Waals surface area contributed by atoms with E-state index in [1.165, 1.54) is 37.7 Å². The van der Waals surface area contributed by atoms with Gasteiger partial charge in [0.05, 0.1) is 12.1 Å². The minimum Gasteiger partial charge on any atom is -0.301 e. The largest absolute Gasteiger partial charge is 0.301 e. The number of hydrogen-bond acceptors (Lipinski definition) is 5. The van der Waals surface area contributed by atoms with Crippen LogP contribution in [0.3, 0.4) is 0 Å². The lowest BCUT2D eigenvalue weighted by atomic mass is 9.95. The molecule has 0 amide bonds. The van der Waals surface area contributed by atoms with E-state index in [0.717, 1.165) is 38.5 Å². The normalized spacial score (nSPS) is 21.7. The van der Waals surface area contributed by atoms with Gasteiger partial charge in [-0.2, -0.15) is 0 Å². The molecular formula is C20H30N6. The summed E-state index contributed by atoms with van der Waals surface area (Å²) in [7, 11) is 0. The Kier molecular flexibility index (Phi) is 5.60. The van der Waals surface area contributed by atoms with Crippen LogP contribution >= 0.6 is 0 Å². The molecule has 6 heteroatoms. The summed E-state index contributed by atoms with van der Waals surface area (Å²) < 4.78 is 2.14. The summed E-state index contributed by atoms with van der Waals surface area (Å²) in [5, 5.41) is 13.1. The quantitative estimate of drug-likeness (QED) is 0.826. The fourth-order valence-corrected chi connectivity index (χ4v) is 4.46. The number of benzene rings is 1. The van der Waals surface area contributed by atoms with E-state index in [1.807, 2.05) is 0 Å². The summed E-state index contributed by atoms with van der Waals surface area (Å²) in [6.07, 6.45) is 6.31. The molecule has 0 radical (unpaired) electrons. The van der Waals surface area contributed by atoms with Gasteiger partial charge < -0.3 is 4.90 Å². The number of piperazine rings is 1. The van der Waals surface area contributed by atoms with Gasteiger partial charge in [-0.1, -0.05) is 56.5 Å². The molecule has 0 spiro atoms. The molecular weight excluding hydrogens is 324 g/mol. The van der Waals surface area contributed by atoms with Crippen LogP contribution in [0, 0.1) is 0 Å². The van der Waals surface area contributed by atoms with E-state index < -0.39 is 0 Å². The standard InChI is InChI=1S/C20H30N6/c1-2-24-13-15-25(16-14-24)19(17-9-5-3-6-10-17)20-21-22-23-26(20)18-11-7-4-8-12-18/h3,5-6,9-10,18-19H,2,4,7-8,11-16H2,1H3/t19-/m1/s1. The summed E-state index contributed by atoms with van der Waals surface area (Å²) in [6.45, 7) is 7.73. The first-order chi connectivity index (χ1) is 12.9. The molecule has 2 heterocycles. The number of aromatic nitrogens is 4. The number of hydrogen-bond donors (Lipinski definition) is 0. The van der Waals surface area contributed by atoms with Gasteiger partial charge in [0.25, 0.3) is 0 Å². The molecule has 1 aliphatic heterocycles. The molecule has 2 aliphatic rings. The molecule has 2 fully saturated rings. The van der Waals surface area contributed by atoms with Crippen molar-refractivity contribution in [1.29, 1.82) is 0 Å². The lowest BCUT2D eigenvalue weighted by molar-refractivity contribution is 0.107.